The van der Waals surface area contributed by atoms with Crippen molar-refractivity contribution in [1.82, 2.24) is 16.0 Å². The van der Waals surface area contributed by atoms with E-state index in [1.54, 1.807) is 12.1 Å². The summed E-state index contributed by atoms with van der Waals surface area (Å²) < 4.78 is 6.57. The van der Waals surface area contributed by atoms with Gasteiger partial charge in [0.1, 0.15) is 0 Å². The van der Waals surface area contributed by atoms with E-state index in [9.17, 15) is 4.79 Å². The number of aliphatic imine (C=N–C) groups is 1. The zero-order valence-electron chi connectivity index (χ0n) is 15.8. The molecular formula is C19H30BrIN4O2. The zero-order valence-corrected chi connectivity index (χ0v) is 19.7. The topological polar surface area (TPSA) is 74.8 Å². The van der Waals surface area contributed by atoms with Crippen LogP contribution in [0.4, 0.5) is 0 Å². The zero-order chi connectivity index (χ0) is 18.6. The maximum atomic E-state index is 12.0. The molecule has 1 aromatic rings. The summed E-state index contributed by atoms with van der Waals surface area (Å²) in [5.41, 5.74) is 0.653. The van der Waals surface area contributed by atoms with Gasteiger partial charge in [0.05, 0.1) is 0 Å². The van der Waals surface area contributed by atoms with Gasteiger partial charge in [0, 0.05) is 49.4 Å². The molecule has 152 valence electrons. The van der Waals surface area contributed by atoms with Crippen LogP contribution in [0.5, 0.6) is 0 Å². The minimum Gasteiger partial charge on any atom is -0.381 e. The number of carbonyl (C=O) groups excluding carboxylic acids is 1. The third-order valence-corrected chi connectivity index (χ3v) is 4.45. The Kier molecular flexibility index (Phi) is 12.7. The third kappa shape index (κ3) is 10.9. The Balaban J connectivity index is 0.00000364. The van der Waals surface area contributed by atoms with E-state index in [1.807, 2.05) is 19.1 Å². The van der Waals surface area contributed by atoms with Gasteiger partial charge < -0.3 is 20.7 Å². The second-order valence-electron chi connectivity index (χ2n) is 6.32. The molecule has 0 heterocycles. The van der Waals surface area contributed by atoms with Crippen LogP contribution in [0.3, 0.4) is 0 Å². The number of nitrogens with zero attached hydrogens (tertiary/aromatic N) is 1. The first-order valence-corrected chi connectivity index (χ1v) is 10.1. The van der Waals surface area contributed by atoms with Gasteiger partial charge in [0.25, 0.3) is 5.91 Å². The van der Waals surface area contributed by atoms with Gasteiger partial charge in [-0.2, -0.15) is 0 Å². The lowest BCUT2D eigenvalue weighted by molar-refractivity contribution is 0.0954. The number of ether oxygens (including phenoxy) is 1. The van der Waals surface area contributed by atoms with Gasteiger partial charge in [-0.15, -0.1) is 24.0 Å². The molecular weight excluding hydrogens is 523 g/mol. The number of nitrogens with one attached hydrogen (secondary N) is 3. The van der Waals surface area contributed by atoms with Gasteiger partial charge >= 0.3 is 0 Å². The molecule has 2 rings (SSSR count). The summed E-state index contributed by atoms with van der Waals surface area (Å²) >= 11 is 3.36. The minimum atomic E-state index is -0.0750. The molecule has 3 N–H and O–H groups in total. The fourth-order valence-corrected chi connectivity index (χ4v) is 2.56. The van der Waals surface area contributed by atoms with E-state index in [0.717, 1.165) is 49.1 Å². The molecule has 0 atom stereocenters. The van der Waals surface area contributed by atoms with Gasteiger partial charge in [-0.1, -0.05) is 15.9 Å². The van der Waals surface area contributed by atoms with Crippen LogP contribution in [0.25, 0.3) is 0 Å². The van der Waals surface area contributed by atoms with Gasteiger partial charge in [-0.05, 0) is 56.4 Å². The first-order chi connectivity index (χ1) is 12.7. The van der Waals surface area contributed by atoms with E-state index in [4.69, 9.17) is 4.74 Å². The van der Waals surface area contributed by atoms with Crippen molar-refractivity contribution in [3.8, 4) is 0 Å². The van der Waals surface area contributed by atoms with Crippen molar-refractivity contribution in [3.63, 3.8) is 0 Å². The van der Waals surface area contributed by atoms with Crippen LogP contribution in [-0.4, -0.2) is 51.3 Å². The molecule has 0 aliphatic heterocycles. The molecule has 1 aromatic carbocycles. The molecule has 8 heteroatoms. The first kappa shape index (κ1) is 24.2. The van der Waals surface area contributed by atoms with E-state index in [2.05, 4.69) is 36.9 Å². The van der Waals surface area contributed by atoms with Gasteiger partial charge in [0.15, 0.2) is 5.96 Å². The molecule has 0 radical (unpaired) electrons. The van der Waals surface area contributed by atoms with Crippen molar-refractivity contribution in [2.75, 3.05) is 39.4 Å². The second kappa shape index (κ2) is 14.2. The number of hydrogen-bond donors (Lipinski definition) is 3. The Morgan fingerprint density at radius 3 is 2.56 bits per heavy atom. The summed E-state index contributed by atoms with van der Waals surface area (Å²) in [4.78, 5) is 16.6. The largest absolute Gasteiger partial charge is 0.381 e. The SMILES string of the molecule is CCNC(=NCCCOCC1CC1)NCCNC(=O)c1ccc(Br)cc1.I. The number of rotatable bonds is 11. The standard InChI is InChI=1S/C19H29BrN4O2.HI/c1-2-21-19(23-10-3-13-26-14-15-4-5-15)24-12-11-22-18(25)16-6-8-17(20)9-7-16;/h6-9,15H,2-5,10-14H2,1H3,(H,22,25)(H2,21,23,24);1H. The summed E-state index contributed by atoms with van der Waals surface area (Å²) in [6.45, 7) is 6.38. The Hall–Kier alpha value is -0.870. The molecule has 1 amide bonds. The van der Waals surface area contributed by atoms with E-state index in [0.29, 0.717) is 18.7 Å². The number of benzene rings is 1. The maximum absolute atomic E-state index is 12.0. The summed E-state index contributed by atoms with van der Waals surface area (Å²) in [7, 11) is 0. The second-order valence-corrected chi connectivity index (χ2v) is 7.24. The van der Waals surface area contributed by atoms with Crippen molar-refractivity contribution >= 4 is 51.8 Å². The Bertz CT molecular complexity index is 580. The summed E-state index contributed by atoms with van der Waals surface area (Å²) in [5.74, 6) is 1.51. The van der Waals surface area contributed by atoms with Gasteiger partial charge in [-0.3, -0.25) is 9.79 Å². The maximum Gasteiger partial charge on any atom is 0.251 e. The number of hydrogen-bond acceptors (Lipinski definition) is 3. The molecule has 1 aliphatic rings. The molecule has 6 nitrogen and oxygen atoms in total. The summed E-state index contributed by atoms with van der Waals surface area (Å²) in [5, 5.41) is 9.34. The van der Waals surface area contributed by atoms with Crippen LogP contribution < -0.4 is 16.0 Å². The van der Waals surface area contributed by atoms with E-state index >= 15 is 0 Å². The highest BCUT2D eigenvalue weighted by molar-refractivity contribution is 14.0. The summed E-state index contributed by atoms with van der Waals surface area (Å²) in [6, 6.07) is 7.31. The van der Waals surface area contributed by atoms with Crippen molar-refractivity contribution < 1.29 is 9.53 Å². The molecule has 0 aromatic heterocycles. The molecule has 0 saturated heterocycles. The normalized spacial score (nSPS) is 13.6. The highest BCUT2D eigenvalue weighted by atomic mass is 127. The first-order valence-electron chi connectivity index (χ1n) is 9.32. The van der Waals surface area contributed by atoms with Crippen LogP contribution in [-0.2, 0) is 4.74 Å². The number of halogens is 2. The van der Waals surface area contributed by atoms with Crippen LogP contribution in [0, 0.1) is 5.92 Å². The van der Waals surface area contributed by atoms with E-state index < -0.39 is 0 Å². The predicted molar refractivity (Wildman–Crippen MR) is 124 cm³/mol. The van der Waals surface area contributed by atoms with Crippen molar-refractivity contribution in [3.05, 3.63) is 34.3 Å². The molecule has 0 unspecified atom stereocenters. The third-order valence-electron chi connectivity index (χ3n) is 3.92. The molecule has 1 saturated carbocycles. The summed E-state index contributed by atoms with van der Waals surface area (Å²) in [6.07, 6.45) is 3.57. The lowest BCUT2D eigenvalue weighted by Gasteiger charge is -2.12. The Morgan fingerprint density at radius 1 is 1.19 bits per heavy atom. The smallest absolute Gasteiger partial charge is 0.251 e. The number of amides is 1. The molecule has 27 heavy (non-hydrogen) atoms. The van der Waals surface area contributed by atoms with Crippen molar-refractivity contribution in [2.45, 2.75) is 26.2 Å². The highest BCUT2D eigenvalue weighted by Gasteiger charge is 2.20. The van der Waals surface area contributed by atoms with Gasteiger partial charge in [-0.25, -0.2) is 0 Å². The van der Waals surface area contributed by atoms with Crippen LogP contribution in [0.2, 0.25) is 0 Å². The van der Waals surface area contributed by atoms with Crippen LogP contribution in [0.15, 0.2) is 33.7 Å². The molecule has 1 fully saturated rings. The van der Waals surface area contributed by atoms with Gasteiger partial charge in [0.2, 0.25) is 0 Å². The quantitative estimate of drug-likeness (QED) is 0.171. The van der Waals surface area contributed by atoms with Crippen LogP contribution in [0.1, 0.15) is 36.5 Å². The van der Waals surface area contributed by atoms with Crippen molar-refractivity contribution in [1.29, 1.82) is 0 Å². The highest BCUT2D eigenvalue weighted by Crippen LogP contribution is 2.28. The lowest BCUT2D eigenvalue weighted by Crippen LogP contribution is -2.41. The molecule has 1 aliphatic carbocycles. The van der Waals surface area contributed by atoms with E-state index in [1.165, 1.54) is 12.8 Å². The average molecular weight is 553 g/mol. The number of guanidine groups is 1. The number of carbonyl (C=O) groups is 1. The minimum absolute atomic E-state index is 0. The molecule has 0 spiro atoms. The van der Waals surface area contributed by atoms with Crippen LogP contribution >= 0.6 is 39.9 Å². The lowest BCUT2D eigenvalue weighted by atomic mass is 10.2. The monoisotopic (exact) mass is 552 g/mol. The Labute approximate surface area is 187 Å². The average Bonchev–Trinajstić information content (AvgIpc) is 3.46. The van der Waals surface area contributed by atoms with Crippen molar-refractivity contribution in [2.24, 2.45) is 10.9 Å². The molecule has 0 bridgehead atoms. The van der Waals surface area contributed by atoms with E-state index in [-0.39, 0.29) is 29.9 Å². The Morgan fingerprint density at radius 2 is 1.89 bits per heavy atom. The fraction of sp³-hybridized carbons (Fsp3) is 0.579. The predicted octanol–water partition coefficient (Wildman–Crippen LogP) is 3.17. The fourth-order valence-electron chi connectivity index (χ4n) is 2.29.